The summed E-state index contributed by atoms with van der Waals surface area (Å²) in [7, 11) is 1.69. The molecule has 0 amide bonds. The second-order valence-corrected chi connectivity index (χ2v) is 8.09. The molecule has 148 valence electrons. The van der Waals surface area contributed by atoms with Gasteiger partial charge in [0.05, 0.1) is 19.2 Å². The van der Waals surface area contributed by atoms with E-state index in [9.17, 15) is 0 Å². The number of pyridine rings is 1. The highest BCUT2D eigenvalue weighted by Gasteiger charge is 2.26. The Morgan fingerprint density at radius 2 is 2.07 bits per heavy atom. The Labute approximate surface area is 173 Å². The maximum Gasteiger partial charge on any atom is 0.121 e. The third-order valence-electron chi connectivity index (χ3n) is 5.27. The number of nitrogens with zero attached hydrogens (tertiary/aromatic N) is 4. The van der Waals surface area contributed by atoms with Crippen LogP contribution in [-0.2, 0) is 11.3 Å². The molecule has 0 bridgehead atoms. The lowest BCUT2D eigenvalue weighted by Gasteiger charge is -2.32. The Hall–Kier alpha value is -2.74. The third kappa shape index (κ3) is 3.76. The van der Waals surface area contributed by atoms with E-state index in [4.69, 9.17) is 9.47 Å². The average Bonchev–Trinajstić information content (AvgIpc) is 3.44. The van der Waals surface area contributed by atoms with Gasteiger partial charge in [-0.1, -0.05) is 23.4 Å². The first-order chi connectivity index (χ1) is 14.3. The molecule has 5 rings (SSSR count). The molecule has 0 aliphatic carbocycles. The van der Waals surface area contributed by atoms with Crippen LogP contribution in [0.2, 0.25) is 0 Å². The lowest BCUT2D eigenvalue weighted by molar-refractivity contribution is -0.0343. The van der Waals surface area contributed by atoms with Crippen LogP contribution < -0.4 is 4.74 Å². The summed E-state index contributed by atoms with van der Waals surface area (Å²) in [6.07, 6.45) is 1.96. The molecule has 1 aromatic carbocycles. The van der Waals surface area contributed by atoms with Gasteiger partial charge in [0.25, 0.3) is 0 Å². The van der Waals surface area contributed by atoms with Crippen LogP contribution in [0.1, 0.15) is 17.4 Å². The zero-order valence-corrected chi connectivity index (χ0v) is 17.0. The molecule has 0 N–H and O–H groups in total. The van der Waals surface area contributed by atoms with Gasteiger partial charge in [0.2, 0.25) is 0 Å². The number of benzene rings is 1. The molecule has 4 heterocycles. The van der Waals surface area contributed by atoms with Crippen LogP contribution in [0.5, 0.6) is 5.75 Å². The lowest BCUT2D eigenvalue weighted by atomic mass is 10.1. The van der Waals surface area contributed by atoms with E-state index < -0.39 is 0 Å². The predicted octanol–water partition coefficient (Wildman–Crippen LogP) is 4.04. The molecule has 0 radical (unpaired) electrons. The van der Waals surface area contributed by atoms with Crippen LogP contribution in [0, 0.1) is 0 Å². The fourth-order valence-corrected chi connectivity index (χ4v) is 4.45. The van der Waals surface area contributed by atoms with Crippen LogP contribution in [0.15, 0.2) is 60.1 Å². The monoisotopic (exact) mass is 406 g/mol. The van der Waals surface area contributed by atoms with Gasteiger partial charge in [-0.05, 0) is 41.3 Å². The number of methoxy groups -OCH3 is 1. The van der Waals surface area contributed by atoms with E-state index in [0.717, 1.165) is 42.2 Å². The standard InChI is InChI=1S/C22H22N4O2S/c1-27-18-7-4-16(5-8-18)13-25-10-11-28-20(15-25)22-19-9-6-17(14-26(19)24-23-22)21-3-2-12-29-21/h2-9,12,14,20H,10-11,13,15H2,1H3/t20-/m0/s1. The Bertz CT molecular complexity index is 1090. The summed E-state index contributed by atoms with van der Waals surface area (Å²) >= 11 is 1.72. The predicted molar refractivity (Wildman–Crippen MR) is 113 cm³/mol. The van der Waals surface area contributed by atoms with Gasteiger partial charge < -0.3 is 9.47 Å². The highest BCUT2D eigenvalue weighted by atomic mass is 32.1. The summed E-state index contributed by atoms with van der Waals surface area (Å²) in [5, 5.41) is 10.9. The highest BCUT2D eigenvalue weighted by molar-refractivity contribution is 7.13. The largest absolute Gasteiger partial charge is 0.497 e. The van der Waals surface area contributed by atoms with Gasteiger partial charge in [0.15, 0.2) is 0 Å². The van der Waals surface area contributed by atoms with Crippen LogP contribution in [-0.4, -0.2) is 46.5 Å². The maximum absolute atomic E-state index is 6.06. The van der Waals surface area contributed by atoms with Crippen molar-refractivity contribution in [3.63, 3.8) is 0 Å². The zero-order chi connectivity index (χ0) is 19.6. The first kappa shape index (κ1) is 18.3. The zero-order valence-electron chi connectivity index (χ0n) is 16.2. The molecule has 1 saturated heterocycles. The minimum Gasteiger partial charge on any atom is -0.497 e. The maximum atomic E-state index is 6.06. The van der Waals surface area contributed by atoms with E-state index in [1.807, 2.05) is 22.8 Å². The summed E-state index contributed by atoms with van der Waals surface area (Å²) in [4.78, 5) is 3.63. The number of fused-ring (bicyclic) bond motifs is 1. The first-order valence-electron chi connectivity index (χ1n) is 9.66. The number of rotatable bonds is 5. The molecule has 4 aromatic rings. The summed E-state index contributed by atoms with van der Waals surface area (Å²) in [6.45, 7) is 3.27. The van der Waals surface area contributed by atoms with E-state index in [2.05, 4.69) is 57.0 Å². The number of morpholine rings is 1. The van der Waals surface area contributed by atoms with E-state index in [1.165, 1.54) is 10.4 Å². The summed E-state index contributed by atoms with van der Waals surface area (Å²) in [5.74, 6) is 0.881. The molecule has 3 aromatic heterocycles. The first-order valence-corrected chi connectivity index (χ1v) is 10.5. The van der Waals surface area contributed by atoms with Gasteiger partial charge >= 0.3 is 0 Å². The highest BCUT2D eigenvalue weighted by Crippen LogP contribution is 2.29. The number of thiophene rings is 1. The molecule has 0 saturated carbocycles. The molecule has 7 heteroatoms. The minimum atomic E-state index is -0.0768. The van der Waals surface area contributed by atoms with Crippen molar-refractivity contribution in [3.05, 3.63) is 71.4 Å². The van der Waals surface area contributed by atoms with Crippen LogP contribution in [0.3, 0.4) is 0 Å². The second kappa shape index (κ2) is 7.94. The second-order valence-electron chi connectivity index (χ2n) is 7.14. The normalized spacial score (nSPS) is 17.6. The molecule has 6 nitrogen and oxygen atoms in total. The van der Waals surface area contributed by atoms with Crippen molar-refractivity contribution in [2.45, 2.75) is 12.6 Å². The van der Waals surface area contributed by atoms with Gasteiger partial charge in [-0.15, -0.1) is 16.4 Å². The van der Waals surface area contributed by atoms with E-state index in [0.29, 0.717) is 6.61 Å². The van der Waals surface area contributed by atoms with Crippen molar-refractivity contribution in [1.29, 1.82) is 0 Å². The molecule has 1 fully saturated rings. The summed E-state index contributed by atoms with van der Waals surface area (Å²) < 4.78 is 13.2. The lowest BCUT2D eigenvalue weighted by Crippen LogP contribution is -2.38. The molecule has 29 heavy (non-hydrogen) atoms. The van der Waals surface area contributed by atoms with E-state index in [1.54, 1.807) is 18.4 Å². The van der Waals surface area contributed by atoms with E-state index >= 15 is 0 Å². The average molecular weight is 407 g/mol. The minimum absolute atomic E-state index is 0.0768. The molecular weight excluding hydrogens is 384 g/mol. The SMILES string of the molecule is COc1ccc(CN2CCO[C@H](c3nnn4cc(-c5cccs5)ccc34)C2)cc1. The van der Waals surface area contributed by atoms with Crippen molar-refractivity contribution in [3.8, 4) is 16.2 Å². The van der Waals surface area contributed by atoms with Crippen molar-refractivity contribution < 1.29 is 9.47 Å². The van der Waals surface area contributed by atoms with Crippen molar-refractivity contribution in [2.24, 2.45) is 0 Å². The summed E-state index contributed by atoms with van der Waals surface area (Å²) in [6, 6.07) is 16.6. The Kier molecular flexibility index (Phi) is 5.01. The fourth-order valence-electron chi connectivity index (χ4n) is 3.73. The number of aromatic nitrogens is 3. The molecule has 1 aliphatic heterocycles. The third-order valence-corrected chi connectivity index (χ3v) is 6.19. The number of ether oxygens (including phenoxy) is 2. The fraction of sp³-hybridized carbons (Fsp3) is 0.273. The van der Waals surface area contributed by atoms with Crippen molar-refractivity contribution >= 4 is 16.9 Å². The molecule has 0 spiro atoms. The van der Waals surface area contributed by atoms with Crippen LogP contribution in [0.25, 0.3) is 16.0 Å². The Balaban J connectivity index is 1.34. The Morgan fingerprint density at radius 1 is 1.17 bits per heavy atom. The van der Waals surface area contributed by atoms with Crippen LogP contribution >= 0.6 is 11.3 Å². The van der Waals surface area contributed by atoms with E-state index in [-0.39, 0.29) is 6.10 Å². The molecule has 1 atom stereocenters. The van der Waals surface area contributed by atoms with Gasteiger partial charge in [0.1, 0.15) is 17.5 Å². The smallest absolute Gasteiger partial charge is 0.121 e. The van der Waals surface area contributed by atoms with Gasteiger partial charge in [-0.2, -0.15) is 0 Å². The summed E-state index contributed by atoms with van der Waals surface area (Å²) in [5.41, 5.74) is 4.32. The quantitative estimate of drug-likeness (QED) is 0.501. The Morgan fingerprint density at radius 3 is 2.86 bits per heavy atom. The van der Waals surface area contributed by atoms with Gasteiger partial charge in [-0.3, -0.25) is 4.90 Å². The van der Waals surface area contributed by atoms with Crippen molar-refractivity contribution in [1.82, 2.24) is 19.7 Å². The molecule has 0 unspecified atom stereocenters. The van der Waals surface area contributed by atoms with Gasteiger partial charge in [-0.25, -0.2) is 4.52 Å². The van der Waals surface area contributed by atoms with Crippen molar-refractivity contribution in [2.75, 3.05) is 26.8 Å². The van der Waals surface area contributed by atoms with Gasteiger partial charge in [0, 0.05) is 36.3 Å². The number of hydrogen-bond donors (Lipinski definition) is 0. The molecule has 1 aliphatic rings. The number of hydrogen-bond acceptors (Lipinski definition) is 6. The van der Waals surface area contributed by atoms with Crippen LogP contribution in [0.4, 0.5) is 0 Å². The molecular formula is C22H22N4O2S. The topological polar surface area (TPSA) is 51.9 Å².